The molecule has 1 aromatic carbocycles. The normalized spacial score (nSPS) is 11.4. The summed E-state index contributed by atoms with van der Waals surface area (Å²) in [6, 6.07) is 7.81. The number of rotatable bonds is 7. The molecule has 0 saturated carbocycles. The maximum atomic E-state index is 11.5. The van der Waals surface area contributed by atoms with E-state index in [0.29, 0.717) is 12.3 Å². The van der Waals surface area contributed by atoms with Gasteiger partial charge in [-0.3, -0.25) is 4.79 Å². The maximum Gasteiger partial charge on any atom is 0.223 e. The third-order valence-electron chi connectivity index (χ3n) is 2.66. The second-order valence-electron chi connectivity index (χ2n) is 4.96. The van der Waals surface area contributed by atoms with Gasteiger partial charge in [-0.1, -0.05) is 50.3 Å². The fourth-order valence-corrected chi connectivity index (χ4v) is 1.53. The Bertz CT molecular complexity index is 458. The van der Waals surface area contributed by atoms with Crippen LogP contribution in [0.5, 0.6) is 5.75 Å². The number of amides is 1. The van der Waals surface area contributed by atoms with Crippen LogP contribution in [0.4, 0.5) is 0 Å². The van der Waals surface area contributed by atoms with Gasteiger partial charge in [0.2, 0.25) is 5.91 Å². The summed E-state index contributed by atoms with van der Waals surface area (Å²) in [6.07, 6.45) is 8.08. The Kier molecular flexibility index (Phi) is 7.18. The van der Waals surface area contributed by atoms with Crippen LogP contribution in [0.1, 0.15) is 25.8 Å². The molecule has 0 unspecified atom stereocenters. The number of carbonyl (C=O) groups is 1. The summed E-state index contributed by atoms with van der Waals surface area (Å²) in [5.74, 6) is 1.39. The van der Waals surface area contributed by atoms with Crippen molar-refractivity contribution in [3.63, 3.8) is 0 Å². The van der Waals surface area contributed by atoms with Gasteiger partial charge in [0.25, 0.3) is 0 Å². The maximum absolute atomic E-state index is 11.5. The van der Waals surface area contributed by atoms with Crippen LogP contribution in [0.25, 0.3) is 6.08 Å². The molecule has 108 valence electrons. The lowest BCUT2D eigenvalue weighted by Gasteiger charge is -2.05. The van der Waals surface area contributed by atoms with Crippen molar-refractivity contribution in [2.45, 2.75) is 20.3 Å². The van der Waals surface area contributed by atoms with Gasteiger partial charge < -0.3 is 10.1 Å². The fourth-order valence-electron chi connectivity index (χ4n) is 1.53. The van der Waals surface area contributed by atoms with E-state index in [9.17, 15) is 4.79 Å². The van der Waals surface area contributed by atoms with E-state index < -0.39 is 0 Å². The van der Waals surface area contributed by atoms with Crippen LogP contribution in [0.15, 0.2) is 42.5 Å². The molecule has 0 saturated heterocycles. The summed E-state index contributed by atoms with van der Waals surface area (Å²) >= 11 is 0. The minimum absolute atomic E-state index is 0.0628. The van der Waals surface area contributed by atoms with Gasteiger partial charge in [0, 0.05) is 13.0 Å². The Hall–Kier alpha value is -2.03. The SMILES string of the molecule is COc1ccc(/C=C/C=C/CC(=O)NCC(C)C)cc1. The predicted octanol–water partition coefficient (Wildman–Crippen LogP) is 3.43. The lowest BCUT2D eigenvalue weighted by molar-refractivity contribution is -0.120. The number of methoxy groups -OCH3 is 1. The number of hydrogen-bond acceptors (Lipinski definition) is 2. The molecule has 0 aliphatic heterocycles. The number of nitrogens with one attached hydrogen (secondary N) is 1. The van der Waals surface area contributed by atoms with Crippen molar-refractivity contribution in [3.05, 3.63) is 48.1 Å². The molecule has 20 heavy (non-hydrogen) atoms. The lowest BCUT2D eigenvalue weighted by Crippen LogP contribution is -2.26. The van der Waals surface area contributed by atoms with Gasteiger partial charge in [0.1, 0.15) is 5.75 Å². The highest BCUT2D eigenvalue weighted by molar-refractivity contribution is 5.77. The zero-order valence-electron chi connectivity index (χ0n) is 12.4. The quantitative estimate of drug-likeness (QED) is 0.773. The van der Waals surface area contributed by atoms with Gasteiger partial charge in [-0.25, -0.2) is 0 Å². The van der Waals surface area contributed by atoms with Crippen molar-refractivity contribution in [1.82, 2.24) is 5.32 Å². The van der Waals surface area contributed by atoms with Crippen LogP contribution in [0, 0.1) is 5.92 Å². The highest BCUT2D eigenvalue weighted by Crippen LogP contribution is 2.12. The van der Waals surface area contributed by atoms with Crippen LogP contribution >= 0.6 is 0 Å². The van der Waals surface area contributed by atoms with Gasteiger partial charge >= 0.3 is 0 Å². The Balaban J connectivity index is 2.32. The van der Waals surface area contributed by atoms with Crippen LogP contribution < -0.4 is 10.1 Å². The molecule has 3 heteroatoms. The Morgan fingerprint density at radius 1 is 1.25 bits per heavy atom. The second-order valence-corrected chi connectivity index (χ2v) is 4.96. The molecule has 0 aliphatic rings. The molecule has 0 fully saturated rings. The highest BCUT2D eigenvalue weighted by Gasteiger charge is 1.98. The monoisotopic (exact) mass is 273 g/mol. The van der Waals surface area contributed by atoms with Crippen molar-refractivity contribution < 1.29 is 9.53 Å². The highest BCUT2D eigenvalue weighted by atomic mass is 16.5. The standard InChI is InChI=1S/C17H23NO2/c1-14(2)13-18-17(19)8-6-4-5-7-15-9-11-16(20-3)12-10-15/h4-7,9-12,14H,8,13H2,1-3H3,(H,18,19)/b6-4+,7-5+. The number of benzene rings is 1. The first kappa shape index (κ1) is 16.0. The molecule has 1 rings (SSSR count). The third kappa shape index (κ3) is 6.78. The molecule has 0 heterocycles. The Morgan fingerprint density at radius 2 is 1.95 bits per heavy atom. The summed E-state index contributed by atoms with van der Waals surface area (Å²) in [4.78, 5) is 11.5. The summed E-state index contributed by atoms with van der Waals surface area (Å²) in [7, 11) is 1.65. The number of carbonyl (C=O) groups excluding carboxylic acids is 1. The molecule has 0 radical (unpaired) electrons. The molecule has 0 bridgehead atoms. The molecule has 1 amide bonds. The van der Waals surface area contributed by atoms with Crippen molar-refractivity contribution in [3.8, 4) is 5.75 Å². The first-order chi connectivity index (χ1) is 9.61. The molecule has 0 atom stereocenters. The minimum Gasteiger partial charge on any atom is -0.497 e. The van der Waals surface area contributed by atoms with Crippen LogP contribution in [0.2, 0.25) is 0 Å². The third-order valence-corrected chi connectivity index (χ3v) is 2.66. The lowest BCUT2D eigenvalue weighted by atomic mass is 10.2. The van der Waals surface area contributed by atoms with Gasteiger partial charge in [-0.05, 0) is 23.6 Å². The number of ether oxygens (including phenoxy) is 1. The predicted molar refractivity (Wildman–Crippen MR) is 83.6 cm³/mol. The topological polar surface area (TPSA) is 38.3 Å². The van der Waals surface area contributed by atoms with Crippen molar-refractivity contribution >= 4 is 12.0 Å². The zero-order valence-corrected chi connectivity index (χ0v) is 12.4. The molecule has 1 N–H and O–H groups in total. The van der Waals surface area contributed by atoms with Crippen LogP contribution in [-0.4, -0.2) is 19.6 Å². The fraction of sp³-hybridized carbons (Fsp3) is 0.353. The van der Waals surface area contributed by atoms with Gasteiger partial charge in [0.05, 0.1) is 7.11 Å². The summed E-state index contributed by atoms with van der Waals surface area (Å²) < 4.78 is 5.10. The average molecular weight is 273 g/mol. The average Bonchev–Trinajstić information content (AvgIpc) is 2.45. The summed E-state index contributed by atoms with van der Waals surface area (Å²) in [5, 5.41) is 2.88. The first-order valence-electron chi connectivity index (χ1n) is 6.85. The van der Waals surface area contributed by atoms with E-state index >= 15 is 0 Å². The van der Waals surface area contributed by atoms with E-state index in [2.05, 4.69) is 19.2 Å². The van der Waals surface area contributed by atoms with E-state index in [1.165, 1.54) is 0 Å². The van der Waals surface area contributed by atoms with Crippen molar-refractivity contribution in [2.75, 3.05) is 13.7 Å². The molecule has 0 aliphatic carbocycles. The van der Waals surface area contributed by atoms with E-state index in [4.69, 9.17) is 4.74 Å². The minimum atomic E-state index is 0.0628. The molecular weight excluding hydrogens is 250 g/mol. The van der Waals surface area contributed by atoms with Gasteiger partial charge in [-0.2, -0.15) is 0 Å². The van der Waals surface area contributed by atoms with Crippen LogP contribution in [-0.2, 0) is 4.79 Å². The molecule has 3 nitrogen and oxygen atoms in total. The second kappa shape index (κ2) is 8.97. The van der Waals surface area contributed by atoms with E-state index in [1.807, 2.05) is 48.6 Å². The van der Waals surface area contributed by atoms with Crippen molar-refractivity contribution in [1.29, 1.82) is 0 Å². The van der Waals surface area contributed by atoms with E-state index in [-0.39, 0.29) is 5.91 Å². The molecular formula is C17H23NO2. The van der Waals surface area contributed by atoms with Gasteiger partial charge in [-0.15, -0.1) is 0 Å². The van der Waals surface area contributed by atoms with E-state index in [1.54, 1.807) is 7.11 Å². The largest absolute Gasteiger partial charge is 0.497 e. The molecule has 0 spiro atoms. The summed E-state index contributed by atoms with van der Waals surface area (Å²) in [5.41, 5.74) is 1.10. The number of hydrogen-bond donors (Lipinski definition) is 1. The summed E-state index contributed by atoms with van der Waals surface area (Å²) in [6.45, 7) is 4.88. The van der Waals surface area contributed by atoms with Gasteiger partial charge in [0.15, 0.2) is 0 Å². The van der Waals surface area contributed by atoms with Crippen LogP contribution in [0.3, 0.4) is 0 Å². The Labute approximate surface area is 121 Å². The number of allylic oxidation sites excluding steroid dienone is 2. The molecule has 0 aromatic heterocycles. The first-order valence-corrected chi connectivity index (χ1v) is 6.85. The van der Waals surface area contributed by atoms with Crippen molar-refractivity contribution in [2.24, 2.45) is 5.92 Å². The Morgan fingerprint density at radius 3 is 2.55 bits per heavy atom. The van der Waals surface area contributed by atoms with E-state index in [0.717, 1.165) is 17.9 Å². The molecule has 1 aromatic rings. The zero-order chi connectivity index (χ0) is 14.8. The smallest absolute Gasteiger partial charge is 0.223 e.